The lowest BCUT2D eigenvalue weighted by atomic mass is 9.92. The normalized spacial score (nSPS) is 12.0. The van der Waals surface area contributed by atoms with Gasteiger partial charge in [0.15, 0.2) is 0 Å². The van der Waals surface area contributed by atoms with Crippen LogP contribution in [0.4, 0.5) is 0 Å². The maximum atomic E-state index is 11.3. The van der Waals surface area contributed by atoms with Gasteiger partial charge in [0.2, 0.25) is 0 Å². The van der Waals surface area contributed by atoms with Crippen molar-refractivity contribution in [2.24, 2.45) is 0 Å². The van der Waals surface area contributed by atoms with Crippen molar-refractivity contribution < 1.29 is 15.0 Å². The number of aromatic hydroxyl groups is 1. The van der Waals surface area contributed by atoms with E-state index in [1.54, 1.807) is 36.7 Å². The molecule has 0 fully saturated rings. The van der Waals surface area contributed by atoms with Crippen molar-refractivity contribution in [3.63, 3.8) is 0 Å². The molecule has 4 nitrogen and oxygen atoms in total. The number of phenols is 1. The van der Waals surface area contributed by atoms with Crippen LogP contribution in [0, 0.1) is 0 Å². The fourth-order valence-electron chi connectivity index (χ4n) is 1.84. The predicted molar refractivity (Wildman–Crippen MR) is 66.4 cm³/mol. The minimum Gasteiger partial charge on any atom is -0.508 e. The quantitative estimate of drug-likeness (QED) is 0.863. The van der Waals surface area contributed by atoms with Gasteiger partial charge < -0.3 is 10.2 Å². The summed E-state index contributed by atoms with van der Waals surface area (Å²) < 4.78 is 0. The van der Waals surface area contributed by atoms with Crippen LogP contribution in [0.25, 0.3) is 0 Å². The lowest BCUT2D eigenvalue weighted by Gasteiger charge is -2.13. The second kappa shape index (κ2) is 5.31. The number of aromatic nitrogens is 1. The largest absolute Gasteiger partial charge is 0.508 e. The van der Waals surface area contributed by atoms with E-state index in [1.807, 2.05) is 0 Å². The number of rotatable bonds is 4. The van der Waals surface area contributed by atoms with E-state index in [-0.39, 0.29) is 5.75 Å². The van der Waals surface area contributed by atoms with Crippen LogP contribution in [0.1, 0.15) is 17.0 Å². The fourth-order valence-corrected chi connectivity index (χ4v) is 1.84. The van der Waals surface area contributed by atoms with Gasteiger partial charge in [0, 0.05) is 12.4 Å². The molecule has 0 radical (unpaired) electrons. The Labute approximate surface area is 105 Å². The molecule has 1 atom stereocenters. The van der Waals surface area contributed by atoms with Crippen LogP contribution in [-0.4, -0.2) is 21.2 Å². The summed E-state index contributed by atoms with van der Waals surface area (Å²) in [6.07, 6.45) is 3.65. The number of carboxylic acid groups (broad SMARTS) is 1. The highest BCUT2D eigenvalue weighted by atomic mass is 16.4. The van der Waals surface area contributed by atoms with E-state index in [0.717, 1.165) is 5.56 Å². The first-order valence-electron chi connectivity index (χ1n) is 5.57. The van der Waals surface area contributed by atoms with Crippen molar-refractivity contribution in [2.45, 2.75) is 12.3 Å². The number of phenolic OH excluding ortho intramolecular Hbond substituents is 1. The smallest absolute Gasteiger partial charge is 0.311 e. The molecule has 4 heteroatoms. The fraction of sp³-hybridized carbons (Fsp3) is 0.143. The summed E-state index contributed by atoms with van der Waals surface area (Å²) in [5.74, 6) is -1.50. The SMILES string of the molecule is O=C(O)C(Cc1ccncc1)c1cccc(O)c1. The van der Waals surface area contributed by atoms with Crippen LogP contribution in [0.15, 0.2) is 48.8 Å². The van der Waals surface area contributed by atoms with Crippen molar-refractivity contribution in [1.29, 1.82) is 0 Å². The van der Waals surface area contributed by atoms with Crippen molar-refractivity contribution in [3.8, 4) is 5.75 Å². The minimum atomic E-state index is -0.905. The number of hydrogen-bond acceptors (Lipinski definition) is 3. The first kappa shape index (κ1) is 12.1. The highest BCUT2D eigenvalue weighted by Crippen LogP contribution is 2.24. The third-order valence-corrected chi connectivity index (χ3v) is 2.76. The summed E-state index contributed by atoms with van der Waals surface area (Å²) >= 11 is 0. The lowest BCUT2D eigenvalue weighted by Crippen LogP contribution is -2.14. The zero-order valence-corrected chi connectivity index (χ0v) is 9.65. The molecule has 0 amide bonds. The van der Waals surface area contributed by atoms with Crippen LogP contribution in [0.2, 0.25) is 0 Å². The number of carbonyl (C=O) groups is 1. The monoisotopic (exact) mass is 243 g/mol. The maximum absolute atomic E-state index is 11.3. The molecule has 2 rings (SSSR count). The molecule has 0 saturated heterocycles. The second-order valence-electron chi connectivity index (χ2n) is 4.05. The van der Waals surface area contributed by atoms with Crippen LogP contribution >= 0.6 is 0 Å². The molecule has 0 aliphatic rings. The first-order chi connectivity index (χ1) is 8.66. The molecule has 1 aromatic carbocycles. The molecule has 18 heavy (non-hydrogen) atoms. The van der Waals surface area contributed by atoms with Crippen LogP contribution in [0.5, 0.6) is 5.75 Å². The topological polar surface area (TPSA) is 70.4 Å². The van der Waals surface area contributed by atoms with Crippen LogP contribution in [0.3, 0.4) is 0 Å². The summed E-state index contributed by atoms with van der Waals surface area (Å²) in [7, 11) is 0. The molecule has 0 spiro atoms. The summed E-state index contributed by atoms with van der Waals surface area (Å²) in [5.41, 5.74) is 1.50. The van der Waals surface area contributed by atoms with E-state index in [2.05, 4.69) is 4.98 Å². The second-order valence-corrected chi connectivity index (χ2v) is 4.05. The van der Waals surface area contributed by atoms with E-state index in [9.17, 15) is 15.0 Å². The minimum absolute atomic E-state index is 0.0773. The summed E-state index contributed by atoms with van der Waals surface area (Å²) in [4.78, 5) is 15.2. The highest BCUT2D eigenvalue weighted by Gasteiger charge is 2.20. The number of aliphatic carboxylic acids is 1. The van der Waals surface area contributed by atoms with Crippen LogP contribution in [-0.2, 0) is 11.2 Å². The Morgan fingerprint density at radius 3 is 2.56 bits per heavy atom. The number of benzene rings is 1. The Morgan fingerprint density at radius 2 is 1.94 bits per heavy atom. The molecular weight excluding hydrogens is 230 g/mol. The van der Waals surface area contributed by atoms with E-state index >= 15 is 0 Å². The Morgan fingerprint density at radius 1 is 1.22 bits per heavy atom. The molecule has 0 aliphatic heterocycles. The average molecular weight is 243 g/mol. The number of nitrogens with zero attached hydrogens (tertiary/aromatic N) is 1. The molecular formula is C14H13NO3. The molecule has 0 bridgehead atoms. The molecule has 1 aromatic heterocycles. The molecule has 2 aromatic rings. The first-order valence-corrected chi connectivity index (χ1v) is 5.57. The third-order valence-electron chi connectivity index (χ3n) is 2.76. The van der Waals surface area contributed by atoms with E-state index in [0.29, 0.717) is 12.0 Å². The summed E-state index contributed by atoms with van der Waals surface area (Å²) in [5, 5.41) is 18.7. The van der Waals surface area contributed by atoms with Gasteiger partial charge in [-0.1, -0.05) is 12.1 Å². The molecule has 92 valence electrons. The van der Waals surface area contributed by atoms with Gasteiger partial charge in [-0.05, 0) is 41.8 Å². The maximum Gasteiger partial charge on any atom is 0.311 e. The highest BCUT2D eigenvalue weighted by molar-refractivity contribution is 5.76. The summed E-state index contributed by atoms with van der Waals surface area (Å²) in [6.45, 7) is 0. The Balaban J connectivity index is 2.27. The average Bonchev–Trinajstić information content (AvgIpc) is 2.37. The van der Waals surface area contributed by atoms with E-state index in [1.165, 1.54) is 12.1 Å². The van der Waals surface area contributed by atoms with Gasteiger partial charge in [-0.3, -0.25) is 9.78 Å². The van der Waals surface area contributed by atoms with Gasteiger partial charge in [-0.15, -0.1) is 0 Å². The van der Waals surface area contributed by atoms with E-state index < -0.39 is 11.9 Å². The Kier molecular flexibility index (Phi) is 3.57. The van der Waals surface area contributed by atoms with Gasteiger partial charge in [-0.2, -0.15) is 0 Å². The van der Waals surface area contributed by atoms with Crippen molar-refractivity contribution in [1.82, 2.24) is 4.98 Å². The van der Waals surface area contributed by atoms with Crippen molar-refractivity contribution in [2.75, 3.05) is 0 Å². The molecule has 1 heterocycles. The third kappa shape index (κ3) is 2.85. The van der Waals surface area contributed by atoms with Gasteiger partial charge >= 0.3 is 5.97 Å². The van der Waals surface area contributed by atoms with Gasteiger partial charge in [0.1, 0.15) is 5.75 Å². The van der Waals surface area contributed by atoms with Crippen molar-refractivity contribution >= 4 is 5.97 Å². The molecule has 0 aliphatic carbocycles. The van der Waals surface area contributed by atoms with Crippen LogP contribution < -0.4 is 0 Å². The van der Waals surface area contributed by atoms with Gasteiger partial charge in [0.05, 0.1) is 5.92 Å². The summed E-state index contributed by atoms with van der Waals surface area (Å²) in [6, 6.07) is 9.94. The molecule has 0 saturated carbocycles. The number of pyridine rings is 1. The van der Waals surface area contributed by atoms with Crippen molar-refractivity contribution in [3.05, 3.63) is 59.9 Å². The molecule has 1 unspecified atom stereocenters. The van der Waals surface area contributed by atoms with E-state index in [4.69, 9.17) is 0 Å². The number of carboxylic acids is 1. The zero-order valence-electron chi connectivity index (χ0n) is 9.65. The molecule has 2 N–H and O–H groups in total. The standard InChI is InChI=1S/C14H13NO3/c16-12-3-1-2-11(9-12)13(14(17)18)8-10-4-6-15-7-5-10/h1-7,9,13,16H,8H2,(H,17,18). The van der Waals surface area contributed by atoms with Gasteiger partial charge in [-0.25, -0.2) is 0 Å². The Hall–Kier alpha value is -2.36. The Bertz CT molecular complexity index is 540. The lowest BCUT2D eigenvalue weighted by molar-refractivity contribution is -0.138. The predicted octanol–water partition coefficient (Wildman–Crippen LogP) is 2.20. The zero-order chi connectivity index (χ0) is 13.0. The van der Waals surface area contributed by atoms with Gasteiger partial charge in [0.25, 0.3) is 0 Å². The number of hydrogen-bond donors (Lipinski definition) is 2.